The maximum Gasteiger partial charge on any atom is 1.00 e. The van der Waals surface area contributed by atoms with Crippen molar-refractivity contribution >= 4 is 5.97 Å². The monoisotopic (exact) mass is 515 g/mol. The number of halogens is 1. The van der Waals surface area contributed by atoms with Gasteiger partial charge < -0.3 is 25.1 Å². The van der Waals surface area contributed by atoms with Crippen molar-refractivity contribution in [2.24, 2.45) is 0 Å². The molecule has 37 heavy (non-hydrogen) atoms. The van der Waals surface area contributed by atoms with Gasteiger partial charge in [-0.1, -0.05) is 54.6 Å². The maximum absolute atomic E-state index is 13.9. The number of ether oxygens (including phenoxy) is 1. The second-order valence-corrected chi connectivity index (χ2v) is 10.1. The molecule has 2 atom stereocenters. The van der Waals surface area contributed by atoms with Crippen LogP contribution in [0.25, 0.3) is 11.1 Å². The summed E-state index contributed by atoms with van der Waals surface area (Å²) in [5, 5.41) is 25.2. The van der Waals surface area contributed by atoms with Crippen LogP contribution in [0, 0.1) is 19.7 Å². The molecule has 0 aliphatic carbocycles. The summed E-state index contributed by atoms with van der Waals surface area (Å²) in [6, 6.07) is 18.2. The van der Waals surface area contributed by atoms with Gasteiger partial charge in [0.1, 0.15) is 5.82 Å². The first-order valence-electron chi connectivity index (χ1n) is 12.2. The molecule has 0 spiro atoms. The minimum Gasteiger partial charge on any atom is -0.545 e. The molecule has 0 saturated carbocycles. The van der Waals surface area contributed by atoms with Crippen molar-refractivity contribution in [3.63, 3.8) is 0 Å². The second kappa shape index (κ2) is 13.7. The van der Waals surface area contributed by atoms with E-state index in [0.717, 1.165) is 22.3 Å². The van der Waals surface area contributed by atoms with Gasteiger partial charge in [-0.15, -0.1) is 0 Å². The standard InChI is InChI=1S/C30H36FNO4.Na/c1-19-10-11-22(15-28(19)31)16-30(4,5)32-17-24(33)18-36-21(3)26-8-6-7-9-27(26)23-12-13-25(29(34)35)20(2)14-23;/h6-15,21,24,32-33H,16-18H2,1-5H3,(H,34,35);/q;+1/p-1/t21-,24-;/m1./s1. The average Bonchev–Trinajstić information content (AvgIpc) is 2.83. The van der Waals surface area contributed by atoms with Crippen molar-refractivity contribution in [3.8, 4) is 11.1 Å². The van der Waals surface area contributed by atoms with Gasteiger partial charge in [-0.2, -0.15) is 0 Å². The van der Waals surface area contributed by atoms with Gasteiger partial charge in [0, 0.05) is 17.6 Å². The molecule has 0 fully saturated rings. The minimum atomic E-state index is -1.19. The summed E-state index contributed by atoms with van der Waals surface area (Å²) in [5.74, 6) is -1.41. The Hall–Kier alpha value is -2.06. The molecule has 0 aliphatic rings. The maximum atomic E-state index is 13.9. The molecule has 5 nitrogen and oxygen atoms in total. The van der Waals surface area contributed by atoms with Gasteiger partial charge in [-0.05, 0) is 80.5 Å². The van der Waals surface area contributed by atoms with Gasteiger partial charge in [0.2, 0.25) is 0 Å². The number of aliphatic hydroxyl groups excluding tert-OH is 1. The first-order chi connectivity index (χ1) is 17.0. The second-order valence-electron chi connectivity index (χ2n) is 10.1. The van der Waals surface area contributed by atoms with Crippen molar-refractivity contribution in [3.05, 3.63) is 94.3 Å². The molecule has 0 aliphatic heterocycles. The quantitative estimate of drug-likeness (QED) is 0.379. The third-order valence-corrected chi connectivity index (χ3v) is 6.39. The predicted molar refractivity (Wildman–Crippen MR) is 138 cm³/mol. The van der Waals surface area contributed by atoms with Gasteiger partial charge in [-0.3, -0.25) is 0 Å². The number of aliphatic hydroxyl groups is 1. The SMILES string of the molecule is Cc1ccc(CC(C)(C)NC[C@@H](O)CO[C@H](C)c2ccccc2-c2ccc(C(=O)[O-])c(C)c2)cc1F.[Na+]. The zero-order valence-corrected chi connectivity index (χ0v) is 24.6. The Balaban J connectivity index is 0.00000481. The van der Waals surface area contributed by atoms with Gasteiger partial charge >= 0.3 is 29.6 Å². The number of aromatic carboxylic acids is 1. The van der Waals surface area contributed by atoms with Crippen molar-refractivity contribution in [2.75, 3.05) is 13.2 Å². The van der Waals surface area contributed by atoms with Gasteiger partial charge in [0.15, 0.2) is 0 Å². The van der Waals surface area contributed by atoms with E-state index < -0.39 is 12.1 Å². The zero-order valence-electron chi connectivity index (χ0n) is 22.6. The van der Waals surface area contributed by atoms with E-state index in [4.69, 9.17) is 4.74 Å². The number of aryl methyl sites for hydroxylation is 2. The molecule has 0 saturated heterocycles. The van der Waals surface area contributed by atoms with E-state index in [2.05, 4.69) is 5.32 Å². The van der Waals surface area contributed by atoms with E-state index in [1.165, 1.54) is 0 Å². The third-order valence-electron chi connectivity index (χ3n) is 6.39. The molecular weight excluding hydrogens is 480 g/mol. The third kappa shape index (κ3) is 8.74. The van der Waals surface area contributed by atoms with Crippen LogP contribution in [0.5, 0.6) is 0 Å². The number of carbonyl (C=O) groups excluding carboxylic acids is 1. The summed E-state index contributed by atoms with van der Waals surface area (Å²) in [6.07, 6.45) is -0.392. The van der Waals surface area contributed by atoms with E-state index in [0.29, 0.717) is 24.1 Å². The van der Waals surface area contributed by atoms with E-state index >= 15 is 0 Å². The summed E-state index contributed by atoms with van der Waals surface area (Å²) < 4.78 is 19.9. The summed E-state index contributed by atoms with van der Waals surface area (Å²) in [5.41, 5.74) is 4.76. The van der Waals surface area contributed by atoms with Crippen LogP contribution in [-0.4, -0.2) is 35.9 Å². The molecule has 3 aromatic rings. The Morgan fingerprint density at radius 3 is 2.43 bits per heavy atom. The Kier molecular flexibility index (Phi) is 11.5. The average molecular weight is 516 g/mol. The molecule has 7 heteroatoms. The molecule has 0 amide bonds. The molecule has 2 N–H and O–H groups in total. The van der Waals surface area contributed by atoms with Crippen molar-refractivity contribution in [2.45, 2.75) is 58.8 Å². The summed E-state index contributed by atoms with van der Waals surface area (Å²) >= 11 is 0. The Labute approximate surface area is 241 Å². The number of hydrogen-bond donors (Lipinski definition) is 2. The number of β-amino-alcohol motifs (C(OH)–C–C–N with tert-alkyl or cyclic N) is 1. The van der Waals surface area contributed by atoms with Crippen LogP contribution in [0.3, 0.4) is 0 Å². The van der Waals surface area contributed by atoms with Crippen LogP contribution in [0.15, 0.2) is 60.7 Å². The Morgan fingerprint density at radius 1 is 1.08 bits per heavy atom. The molecule has 3 rings (SSSR count). The zero-order chi connectivity index (χ0) is 26.5. The van der Waals surface area contributed by atoms with Gasteiger partial charge in [0.25, 0.3) is 0 Å². The predicted octanol–water partition coefficient (Wildman–Crippen LogP) is 1.53. The first-order valence-corrected chi connectivity index (χ1v) is 12.2. The minimum absolute atomic E-state index is 0. The van der Waals surface area contributed by atoms with Crippen LogP contribution >= 0.6 is 0 Å². The van der Waals surface area contributed by atoms with E-state index in [1.54, 1.807) is 38.1 Å². The fraction of sp³-hybridized carbons (Fsp3) is 0.367. The van der Waals surface area contributed by atoms with Crippen LogP contribution in [0.4, 0.5) is 4.39 Å². The number of carbonyl (C=O) groups is 1. The Bertz CT molecular complexity index is 1210. The van der Waals surface area contributed by atoms with E-state index in [-0.39, 0.29) is 59.2 Å². The number of hydrogen-bond acceptors (Lipinski definition) is 5. The number of carboxylic acids is 1. The molecule has 0 radical (unpaired) electrons. The van der Waals surface area contributed by atoms with Crippen LogP contribution < -0.4 is 40.0 Å². The molecular formula is C30H35FNNaO4. The van der Waals surface area contributed by atoms with Crippen LogP contribution in [0.1, 0.15) is 59.5 Å². The molecule has 192 valence electrons. The summed E-state index contributed by atoms with van der Waals surface area (Å²) in [6.45, 7) is 9.93. The van der Waals surface area contributed by atoms with E-state index in [1.807, 2.05) is 57.2 Å². The summed E-state index contributed by atoms with van der Waals surface area (Å²) in [7, 11) is 0. The molecule has 0 aromatic heterocycles. The van der Waals surface area contributed by atoms with Gasteiger partial charge in [0.05, 0.1) is 24.8 Å². The fourth-order valence-electron chi connectivity index (χ4n) is 4.29. The van der Waals surface area contributed by atoms with Crippen molar-refractivity contribution in [1.82, 2.24) is 5.32 Å². The number of carboxylic acid groups (broad SMARTS) is 1. The summed E-state index contributed by atoms with van der Waals surface area (Å²) in [4.78, 5) is 11.3. The number of benzene rings is 3. The number of rotatable bonds is 11. The van der Waals surface area contributed by atoms with E-state index in [9.17, 15) is 19.4 Å². The molecule has 0 heterocycles. The topological polar surface area (TPSA) is 81.6 Å². The Morgan fingerprint density at radius 2 is 1.78 bits per heavy atom. The molecule has 3 aromatic carbocycles. The number of nitrogens with one attached hydrogen (secondary N) is 1. The van der Waals surface area contributed by atoms with Crippen LogP contribution in [0.2, 0.25) is 0 Å². The van der Waals surface area contributed by atoms with Crippen LogP contribution in [-0.2, 0) is 11.2 Å². The van der Waals surface area contributed by atoms with Crippen molar-refractivity contribution < 1.29 is 53.7 Å². The largest absolute Gasteiger partial charge is 1.00 e. The molecule has 0 unspecified atom stereocenters. The van der Waals surface area contributed by atoms with Gasteiger partial charge in [-0.25, -0.2) is 4.39 Å². The van der Waals surface area contributed by atoms with Crippen molar-refractivity contribution in [1.29, 1.82) is 0 Å². The smallest absolute Gasteiger partial charge is 0.545 e. The fourth-order valence-corrected chi connectivity index (χ4v) is 4.29. The molecule has 0 bridgehead atoms. The first kappa shape index (κ1) is 31.2. The normalized spacial score (nSPS) is 13.1.